The minimum absolute atomic E-state index is 0.234. The van der Waals surface area contributed by atoms with Crippen LogP contribution in [0.2, 0.25) is 5.02 Å². The Morgan fingerprint density at radius 1 is 0.903 bits per heavy atom. The number of ether oxygens (including phenoxy) is 1. The van der Waals surface area contributed by atoms with Gasteiger partial charge in [0.25, 0.3) is 0 Å². The molecule has 0 amide bonds. The fourth-order valence-corrected chi connectivity index (χ4v) is 4.63. The van der Waals surface area contributed by atoms with Gasteiger partial charge < -0.3 is 24.7 Å². The third-order valence-corrected chi connectivity index (χ3v) is 6.73. The van der Waals surface area contributed by atoms with Gasteiger partial charge in [-0.25, -0.2) is 4.39 Å². The number of hydrogen-bond donors (Lipinski definition) is 2. The summed E-state index contributed by atoms with van der Waals surface area (Å²) in [5, 5.41) is 22.6. The lowest BCUT2D eigenvalue weighted by Gasteiger charge is -2.44. The van der Waals surface area contributed by atoms with Crippen LogP contribution in [0.5, 0.6) is 5.75 Å². The van der Waals surface area contributed by atoms with Crippen molar-refractivity contribution < 1.29 is 19.3 Å². The number of hydrogen-bond acceptors (Lipinski definition) is 5. The maximum absolute atomic E-state index is 13.1. The maximum Gasteiger partial charge on any atom is 0.123 e. The molecule has 0 unspecified atom stereocenters. The quantitative estimate of drug-likeness (QED) is 0.705. The van der Waals surface area contributed by atoms with Crippen LogP contribution in [0, 0.1) is 5.82 Å². The number of β-amino-alcohol motifs (C(OH)–C–C–N with tert-alkyl or cyclic N) is 1. The predicted octanol–water partition coefficient (Wildman–Crippen LogP) is 3.72. The lowest BCUT2D eigenvalue weighted by atomic mass is 9.87. The van der Waals surface area contributed by atoms with Crippen molar-refractivity contribution in [2.24, 2.45) is 0 Å². The molecule has 7 heteroatoms. The number of anilines is 1. The van der Waals surface area contributed by atoms with Gasteiger partial charge >= 0.3 is 0 Å². The van der Waals surface area contributed by atoms with E-state index in [1.165, 1.54) is 12.1 Å². The fraction of sp³-hybridized carbons (Fsp3) is 0.500. The van der Waals surface area contributed by atoms with E-state index in [0.717, 1.165) is 31.9 Å². The zero-order valence-electron chi connectivity index (χ0n) is 17.6. The Labute approximate surface area is 188 Å². The van der Waals surface area contributed by atoms with E-state index < -0.39 is 11.2 Å². The van der Waals surface area contributed by atoms with Crippen molar-refractivity contribution in [2.45, 2.75) is 36.9 Å². The van der Waals surface area contributed by atoms with Gasteiger partial charge in [0.2, 0.25) is 0 Å². The van der Waals surface area contributed by atoms with Crippen molar-refractivity contribution in [3.8, 4) is 5.75 Å². The molecule has 31 heavy (non-hydrogen) atoms. The van der Waals surface area contributed by atoms with Gasteiger partial charge in [0, 0.05) is 43.4 Å². The molecule has 2 aliphatic rings. The van der Waals surface area contributed by atoms with E-state index >= 15 is 0 Å². The number of halogens is 2. The van der Waals surface area contributed by atoms with Crippen LogP contribution in [0.25, 0.3) is 0 Å². The molecule has 0 bridgehead atoms. The molecule has 2 saturated heterocycles. The van der Waals surface area contributed by atoms with Crippen molar-refractivity contribution in [3.05, 3.63) is 59.4 Å². The van der Waals surface area contributed by atoms with Crippen LogP contribution in [0.3, 0.4) is 0 Å². The van der Waals surface area contributed by atoms with E-state index in [4.69, 9.17) is 16.3 Å². The minimum Gasteiger partial charge on any atom is -0.491 e. The Hall–Kier alpha value is -1.86. The Morgan fingerprint density at radius 3 is 2.19 bits per heavy atom. The molecule has 0 aliphatic carbocycles. The Bertz CT molecular complexity index is 863. The van der Waals surface area contributed by atoms with Gasteiger partial charge in [0.05, 0.1) is 5.60 Å². The van der Waals surface area contributed by atoms with Gasteiger partial charge in [-0.05, 0) is 68.1 Å². The lowest BCUT2D eigenvalue weighted by molar-refractivity contribution is -0.0747. The summed E-state index contributed by atoms with van der Waals surface area (Å²) in [4.78, 5) is 4.43. The molecular weight excluding hydrogens is 419 g/mol. The molecule has 2 fully saturated rings. The molecule has 168 valence electrons. The summed E-state index contributed by atoms with van der Waals surface area (Å²) in [5.74, 6) is 0.422. The van der Waals surface area contributed by atoms with Crippen LogP contribution in [0.1, 0.15) is 25.7 Å². The van der Waals surface area contributed by atoms with E-state index in [9.17, 15) is 14.6 Å². The number of rotatable bonds is 6. The Balaban J connectivity index is 1.23. The van der Waals surface area contributed by atoms with Crippen LogP contribution in [-0.4, -0.2) is 65.6 Å². The van der Waals surface area contributed by atoms with E-state index in [1.807, 2.05) is 12.1 Å². The second-order valence-corrected chi connectivity index (χ2v) is 9.37. The first-order chi connectivity index (χ1) is 14.8. The fourth-order valence-electron chi connectivity index (χ4n) is 4.45. The molecule has 0 radical (unpaired) electrons. The average molecular weight is 449 g/mol. The highest BCUT2D eigenvalue weighted by Gasteiger charge is 2.38. The van der Waals surface area contributed by atoms with Crippen molar-refractivity contribution in [1.29, 1.82) is 0 Å². The molecule has 4 rings (SSSR count). The number of piperidine rings is 2. The number of benzene rings is 2. The zero-order valence-corrected chi connectivity index (χ0v) is 18.4. The summed E-state index contributed by atoms with van der Waals surface area (Å²) in [5.41, 5.74) is -0.609. The van der Waals surface area contributed by atoms with Gasteiger partial charge in [0.15, 0.2) is 0 Å². The molecule has 0 aromatic heterocycles. The standard InChI is InChI=1S/C24H30ClFN2O3/c25-19-2-1-3-22(16-19)31-18-24(30)8-12-27(13-9-24)17-23(29)10-14-28(15-11-23)21-6-4-20(26)5-7-21/h1-7,16,29-30H,8-15,17-18H2. The Morgan fingerprint density at radius 2 is 1.55 bits per heavy atom. The van der Waals surface area contributed by atoms with Crippen molar-refractivity contribution in [1.82, 2.24) is 4.90 Å². The average Bonchev–Trinajstić information content (AvgIpc) is 2.76. The highest BCUT2D eigenvalue weighted by atomic mass is 35.5. The van der Waals surface area contributed by atoms with Crippen molar-refractivity contribution >= 4 is 17.3 Å². The van der Waals surface area contributed by atoms with E-state index in [2.05, 4.69) is 9.80 Å². The third-order valence-electron chi connectivity index (χ3n) is 6.49. The zero-order chi connectivity index (χ0) is 21.9. The first-order valence-corrected chi connectivity index (χ1v) is 11.3. The first kappa shape index (κ1) is 22.3. The van der Waals surface area contributed by atoms with E-state index in [-0.39, 0.29) is 12.4 Å². The molecular formula is C24H30ClFN2O3. The molecule has 2 aromatic rings. The van der Waals surface area contributed by atoms with E-state index in [1.54, 1.807) is 24.3 Å². The molecule has 2 heterocycles. The molecule has 2 aliphatic heterocycles. The highest BCUT2D eigenvalue weighted by molar-refractivity contribution is 6.30. The highest BCUT2D eigenvalue weighted by Crippen LogP contribution is 2.30. The second-order valence-electron chi connectivity index (χ2n) is 8.93. The van der Waals surface area contributed by atoms with Crippen molar-refractivity contribution in [2.75, 3.05) is 44.2 Å². The molecule has 5 nitrogen and oxygen atoms in total. The summed E-state index contributed by atoms with van der Waals surface area (Å²) >= 11 is 5.98. The minimum atomic E-state index is -0.868. The lowest BCUT2D eigenvalue weighted by Crippen LogP contribution is -2.55. The van der Waals surface area contributed by atoms with Crippen LogP contribution in [0.15, 0.2) is 48.5 Å². The number of nitrogens with zero attached hydrogens (tertiary/aromatic N) is 2. The SMILES string of the molecule is OC1(COc2cccc(Cl)c2)CCN(CC2(O)CCN(c3ccc(F)cc3)CC2)CC1. The van der Waals surface area contributed by atoms with Crippen LogP contribution < -0.4 is 9.64 Å². The second kappa shape index (κ2) is 9.33. The normalized spacial score (nSPS) is 21.1. The van der Waals surface area contributed by atoms with Crippen LogP contribution >= 0.6 is 11.6 Å². The number of aliphatic hydroxyl groups is 2. The smallest absolute Gasteiger partial charge is 0.123 e. The summed E-state index contributed by atoms with van der Waals surface area (Å²) in [6, 6.07) is 13.7. The van der Waals surface area contributed by atoms with Gasteiger partial charge in [0.1, 0.15) is 23.8 Å². The summed E-state index contributed by atoms with van der Waals surface area (Å²) in [7, 11) is 0. The number of likely N-dealkylation sites (tertiary alicyclic amines) is 1. The third kappa shape index (κ3) is 5.89. The molecule has 2 aromatic carbocycles. The molecule has 0 spiro atoms. The molecule has 0 saturated carbocycles. The Kier molecular flexibility index (Phi) is 6.72. The van der Waals surface area contributed by atoms with Gasteiger partial charge in [-0.2, -0.15) is 0 Å². The van der Waals surface area contributed by atoms with Crippen molar-refractivity contribution in [3.63, 3.8) is 0 Å². The van der Waals surface area contributed by atoms with Crippen LogP contribution in [0.4, 0.5) is 10.1 Å². The predicted molar refractivity (Wildman–Crippen MR) is 120 cm³/mol. The molecule has 0 atom stereocenters. The summed E-state index contributed by atoms with van der Waals surface area (Å²) < 4.78 is 18.9. The van der Waals surface area contributed by atoms with Crippen LogP contribution in [-0.2, 0) is 0 Å². The topological polar surface area (TPSA) is 56.2 Å². The molecule has 2 N–H and O–H groups in total. The largest absolute Gasteiger partial charge is 0.491 e. The van der Waals surface area contributed by atoms with Gasteiger partial charge in [-0.15, -0.1) is 0 Å². The van der Waals surface area contributed by atoms with E-state index in [0.29, 0.717) is 43.0 Å². The monoisotopic (exact) mass is 448 g/mol. The van der Waals surface area contributed by atoms with Gasteiger partial charge in [-0.1, -0.05) is 17.7 Å². The maximum atomic E-state index is 13.1. The first-order valence-electron chi connectivity index (χ1n) is 10.9. The summed E-state index contributed by atoms with van der Waals surface area (Å²) in [6.07, 6.45) is 2.54. The summed E-state index contributed by atoms with van der Waals surface area (Å²) in [6.45, 7) is 3.77. The van der Waals surface area contributed by atoms with Gasteiger partial charge in [-0.3, -0.25) is 0 Å².